The van der Waals surface area contributed by atoms with E-state index in [-0.39, 0.29) is 5.69 Å². The zero-order valence-corrected chi connectivity index (χ0v) is 8.30. The molecule has 0 aliphatic carbocycles. The predicted octanol–water partition coefficient (Wildman–Crippen LogP) is 1.42. The molecule has 0 unspecified atom stereocenters. The Hall–Kier alpha value is -1.11. The first-order valence-corrected chi connectivity index (χ1v) is 5.20. The first kappa shape index (κ1) is 11.0. The standard InChI is InChI=1S/C7H6ClNO4S/c8-5-2-1-3-6(4-5)9-7(10)14(11,12)13/h1-4H,(H,9,10)(H,11,12,13)/p-1. The summed E-state index contributed by atoms with van der Waals surface area (Å²) in [7, 11) is -4.96. The molecule has 0 heterocycles. The summed E-state index contributed by atoms with van der Waals surface area (Å²) in [6.07, 6.45) is 0. The second-order valence-corrected chi connectivity index (χ2v) is 4.09. The lowest BCUT2D eigenvalue weighted by Crippen LogP contribution is -2.20. The minimum atomic E-state index is -4.96. The van der Waals surface area contributed by atoms with E-state index in [0.717, 1.165) is 0 Å². The van der Waals surface area contributed by atoms with Crippen molar-refractivity contribution in [2.45, 2.75) is 0 Å². The predicted molar refractivity (Wildman–Crippen MR) is 50.2 cm³/mol. The molecule has 0 aromatic heterocycles. The van der Waals surface area contributed by atoms with Crippen molar-refractivity contribution < 1.29 is 17.8 Å². The summed E-state index contributed by atoms with van der Waals surface area (Å²) in [5, 5.41) is 0.626. The maximum absolute atomic E-state index is 10.7. The Bertz CT molecular complexity index is 457. The lowest BCUT2D eigenvalue weighted by Gasteiger charge is -2.07. The van der Waals surface area contributed by atoms with E-state index in [1.54, 1.807) is 6.07 Å². The maximum atomic E-state index is 10.7. The Morgan fingerprint density at radius 2 is 2.07 bits per heavy atom. The number of carbonyl (C=O) groups excluding carboxylic acids is 1. The highest BCUT2D eigenvalue weighted by Crippen LogP contribution is 2.15. The molecule has 1 amide bonds. The zero-order valence-electron chi connectivity index (χ0n) is 6.73. The average Bonchev–Trinajstić information content (AvgIpc) is 2.02. The van der Waals surface area contributed by atoms with Gasteiger partial charge in [-0.1, -0.05) is 17.7 Å². The van der Waals surface area contributed by atoms with Crippen LogP contribution in [0.5, 0.6) is 0 Å². The number of carbonyl (C=O) groups is 1. The van der Waals surface area contributed by atoms with Crippen molar-refractivity contribution in [1.82, 2.24) is 0 Å². The van der Waals surface area contributed by atoms with Gasteiger partial charge in [0.05, 0.1) is 0 Å². The topological polar surface area (TPSA) is 86.3 Å². The molecule has 1 aromatic carbocycles. The fourth-order valence-corrected chi connectivity index (χ4v) is 1.18. The van der Waals surface area contributed by atoms with Crippen LogP contribution in [0.25, 0.3) is 0 Å². The quantitative estimate of drug-likeness (QED) is 0.745. The van der Waals surface area contributed by atoms with E-state index in [1.807, 2.05) is 5.32 Å². The van der Waals surface area contributed by atoms with Gasteiger partial charge in [-0.3, -0.25) is 4.79 Å². The van der Waals surface area contributed by atoms with Crippen molar-refractivity contribution in [3.05, 3.63) is 29.3 Å². The molecular formula is C7H5ClNO4S-. The summed E-state index contributed by atoms with van der Waals surface area (Å²) in [5.41, 5.74) is 0.155. The van der Waals surface area contributed by atoms with Crippen LogP contribution in [0.2, 0.25) is 5.02 Å². The van der Waals surface area contributed by atoms with E-state index in [9.17, 15) is 17.8 Å². The largest absolute Gasteiger partial charge is 0.740 e. The Labute approximate surface area is 85.4 Å². The number of nitrogens with one attached hydrogen (secondary N) is 1. The number of hydrogen-bond acceptors (Lipinski definition) is 4. The van der Waals surface area contributed by atoms with E-state index >= 15 is 0 Å². The molecule has 0 aliphatic heterocycles. The lowest BCUT2D eigenvalue weighted by molar-refractivity contribution is 0.264. The maximum Gasteiger partial charge on any atom is 0.328 e. The van der Waals surface area contributed by atoms with Crippen LogP contribution < -0.4 is 5.32 Å². The molecule has 14 heavy (non-hydrogen) atoms. The third-order valence-electron chi connectivity index (χ3n) is 1.30. The van der Waals surface area contributed by atoms with E-state index in [2.05, 4.69) is 0 Å². The molecule has 1 aromatic rings. The summed E-state index contributed by atoms with van der Waals surface area (Å²) < 4.78 is 30.7. The molecule has 0 spiro atoms. The molecule has 1 N–H and O–H groups in total. The van der Waals surface area contributed by atoms with Crippen LogP contribution in [-0.2, 0) is 10.1 Å². The Balaban J connectivity index is 2.86. The molecule has 0 radical (unpaired) electrons. The molecule has 7 heteroatoms. The highest BCUT2D eigenvalue weighted by atomic mass is 35.5. The van der Waals surface area contributed by atoms with Gasteiger partial charge in [0.2, 0.25) is 0 Å². The van der Waals surface area contributed by atoms with Crippen molar-refractivity contribution in [2.75, 3.05) is 5.32 Å². The van der Waals surface area contributed by atoms with Crippen LogP contribution in [0, 0.1) is 0 Å². The van der Waals surface area contributed by atoms with Crippen molar-refractivity contribution in [3.8, 4) is 0 Å². The summed E-state index contributed by atoms with van der Waals surface area (Å²) in [6.45, 7) is 0. The second kappa shape index (κ2) is 3.95. The lowest BCUT2D eigenvalue weighted by atomic mass is 10.3. The van der Waals surface area contributed by atoms with Gasteiger partial charge in [-0.15, -0.1) is 0 Å². The molecular weight excluding hydrogens is 230 g/mol. The zero-order chi connectivity index (χ0) is 10.8. The van der Waals surface area contributed by atoms with Crippen LogP contribution in [-0.4, -0.2) is 18.2 Å². The average molecular weight is 235 g/mol. The van der Waals surface area contributed by atoms with Crippen molar-refractivity contribution in [2.24, 2.45) is 0 Å². The van der Waals surface area contributed by atoms with E-state index in [0.29, 0.717) is 5.02 Å². The molecule has 76 valence electrons. The van der Waals surface area contributed by atoms with Crippen LogP contribution in [0.1, 0.15) is 0 Å². The fourth-order valence-electron chi connectivity index (χ4n) is 0.747. The van der Waals surface area contributed by atoms with Gasteiger partial charge < -0.3 is 9.87 Å². The second-order valence-electron chi connectivity index (χ2n) is 2.38. The fraction of sp³-hybridized carbons (Fsp3) is 0. The number of anilines is 1. The Morgan fingerprint density at radius 3 is 2.57 bits per heavy atom. The molecule has 0 bridgehead atoms. The van der Waals surface area contributed by atoms with Crippen LogP contribution >= 0.6 is 11.6 Å². The van der Waals surface area contributed by atoms with Gasteiger partial charge in [0, 0.05) is 10.7 Å². The van der Waals surface area contributed by atoms with Gasteiger partial charge in [-0.2, -0.15) is 0 Å². The molecule has 0 saturated heterocycles. The first-order valence-electron chi connectivity index (χ1n) is 3.42. The van der Waals surface area contributed by atoms with Crippen molar-refractivity contribution in [3.63, 3.8) is 0 Å². The van der Waals surface area contributed by atoms with Gasteiger partial charge in [0.15, 0.2) is 10.1 Å². The highest BCUT2D eigenvalue weighted by Gasteiger charge is 2.09. The number of rotatable bonds is 1. The normalized spacial score (nSPS) is 11.0. The van der Waals surface area contributed by atoms with Gasteiger partial charge in [0.1, 0.15) is 0 Å². The number of amides is 1. The van der Waals surface area contributed by atoms with E-state index in [1.165, 1.54) is 18.2 Å². The Morgan fingerprint density at radius 1 is 1.43 bits per heavy atom. The molecule has 0 atom stereocenters. The summed E-state index contributed by atoms with van der Waals surface area (Å²) in [5.74, 6) is 0. The number of hydrogen-bond donors (Lipinski definition) is 1. The SMILES string of the molecule is O=C(Nc1cccc(Cl)c1)S(=O)(=O)[O-]. The van der Waals surface area contributed by atoms with Crippen molar-refractivity contribution >= 4 is 32.6 Å². The minimum Gasteiger partial charge on any atom is -0.740 e. The van der Waals surface area contributed by atoms with Gasteiger partial charge in [-0.25, -0.2) is 8.42 Å². The van der Waals surface area contributed by atoms with Crippen LogP contribution in [0.4, 0.5) is 10.5 Å². The number of halogens is 1. The summed E-state index contributed by atoms with van der Waals surface area (Å²) in [6, 6.07) is 5.79. The van der Waals surface area contributed by atoms with Gasteiger partial charge in [-0.05, 0) is 18.2 Å². The van der Waals surface area contributed by atoms with Crippen LogP contribution in [0.15, 0.2) is 24.3 Å². The molecule has 0 saturated carbocycles. The third kappa shape index (κ3) is 2.99. The molecule has 1 rings (SSSR count). The van der Waals surface area contributed by atoms with Gasteiger partial charge in [0.25, 0.3) is 0 Å². The summed E-state index contributed by atoms with van der Waals surface area (Å²) in [4.78, 5) is 10.7. The Kier molecular flexibility index (Phi) is 3.10. The van der Waals surface area contributed by atoms with E-state index < -0.39 is 15.4 Å². The first-order chi connectivity index (χ1) is 6.39. The number of benzene rings is 1. The smallest absolute Gasteiger partial charge is 0.328 e. The monoisotopic (exact) mass is 234 g/mol. The van der Waals surface area contributed by atoms with Crippen LogP contribution in [0.3, 0.4) is 0 Å². The molecule has 0 fully saturated rings. The minimum absolute atomic E-state index is 0.155. The third-order valence-corrected chi connectivity index (χ3v) is 2.09. The van der Waals surface area contributed by atoms with Gasteiger partial charge >= 0.3 is 5.24 Å². The summed E-state index contributed by atoms with van der Waals surface area (Å²) >= 11 is 5.56. The van der Waals surface area contributed by atoms with E-state index in [4.69, 9.17) is 11.6 Å². The molecule has 5 nitrogen and oxygen atoms in total. The highest BCUT2D eigenvalue weighted by molar-refractivity contribution is 8.01. The molecule has 0 aliphatic rings. The van der Waals surface area contributed by atoms with Crippen molar-refractivity contribution in [1.29, 1.82) is 0 Å².